The quantitative estimate of drug-likeness (QED) is 0.425. The summed E-state index contributed by atoms with van der Waals surface area (Å²) in [4.78, 5) is 14.7. The van der Waals surface area contributed by atoms with Gasteiger partial charge in [0.25, 0.3) is 15.9 Å². The maximum absolute atomic E-state index is 13.0. The molecular weight excluding hydrogens is 448 g/mol. The van der Waals surface area contributed by atoms with Crippen LogP contribution in [-0.2, 0) is 21.2 Å². The molecule has 0 radical (unpaired) electrons. The van der Waals surface area contributed by atoms with Crippen LogP contribution in [0.4, 0.5) is 0 Å². The number of aryl methyl sites for hydroxylation is 1. The van der Waals surface area contributed by atoms with E-state index in [0.29, 0.717) is 22.0 Å². The fourth-order valence-corrected chi connectivity index (χ4v) is 5.20. The lowest BCUT2D eigenvalue weighted by Gasteiger charge is -2.12. The van der Waals surface area contributed by atoms with E-state index in [1.807, 2.05) is 6.92 Å². The van der Waals surface area contributed by atoms with Gasteiger partial charge in [-0.15, -0.1) is 11.0 Å². The number of sulfonamides is 1. The normalized spacial score (nSPS) is 16.6. The Kier molecular flexibility index (Phi) is 7.42. The summed E-state index contributed by atoms with van der Waals surface area (Å²) in [6, 6.07) is 11.8. The third kappa shape index (κ3) is 5.05. The lowest BCUT2D eigenvalue weighted by Crippen LogP contribution is -2.29. The van der Waals surface area contributed by atoms with Gasteiger partial charge >= 0.3 is 0 Å². The van der Waals surface area contributed by atoms with Crippen molar-refractivity contribution in [1.82, 2.24) is 4.90 Å². The maximum Gasteiger partial charge on any atom is 0.284 e. The molecule has 3 rings (SSSR count). The Labute approximate surface area is 192 Å². The van der Waals surface area contributed by atoms with Gasteiger partial charge in [0, 0.05) is 6.54 Å². The average Bonchev–Trinajstić information content (AvgIpc) is 3.07. The topological polar surface area (TPSA) is 85.3 Å². The van der Waals surface area contributed by atoms with E-state index in [0.717, 1.165) is 23.7 Å². The predicted octanol–water partition coefficient (Wildman–Crippen LogP) is 4.11. The van der Waals surface area contributed by atoms with Gasteiger partial charge in [0.2, 0.25) is 0 Å². The molecule has 1 aliphatic rings. The van der Waals surface area contributed by atoms with E-state index < -0.39 is 10.0 Å². The number of amidine groups is 1. The van der Waals surface area contributed by atoms with Crippen LogP contribution < -0.4 is 9.47 Å². The molecule has 0 spiro atoms. The van der Waals surface area contributed by atoms with Crippen molar-refractivity contribution in [3.8, 4) is 11.5 Å². The van der Waals surface area contributed by atoms with Crippen molar-refractivity contribution >= 4 is 38.9 Å². The summed E-state index contributed by atoms with van der Waals surface area (Å²) in [6.07, 6.45) is 3.99. The number of carbonyl (C=O) groups excluding carboxylic acids is 1. The monoisotopic (exact) mass is 472 g/mol. The van der Waals surface area contributed by atoms with Crippen molar-refractivity contribution in [1.29, 1.82) is 0 Å². The molecule has 1 amide bonds. The molecule has 1 aliphatic heterocycles. The first kappa shape index (κ1) is 23.6. The largest absolute Gasteiger partial charge is 0.493 e. The van der Waals surface area contributed by atoms with Crippen molar-refractivity contribution in [2.45, 2.75) is 18.2 Å². The second-order valence-electron chi connectivity index (χ2n) is 6.78. The summed E-state index contributed by atoms with van der Waals surface area (Å²) < 4.78 is 40.2. The van der Waals surface area contributed by atoms with Gasteiger partial charge in [0.15, 0.2) is 16.7 Å². The summed E-state index contributed by atoms with van der Waals surface area (Å²) in [5, 5.41) is 0.0844. The molecule has 32 heavy (non-hydrogen) atoms. The SMILES string of the molecule is C=CCN1C(=O)/C(=C/c2ccc(OC)c(OC)c2)S/C1=N\S(=O)(=O)c1ccc(CC)cc1. The highest BCUT2D eigenvalue weighted by molar-refractivity contribution is 8.19. The van der Waals surface area contributed by atoms with E-state index in [9.17, 15) is 13.2 Å². The minimum atomic E-state index is -3.98. The number of hydrogen-bond donors (Lipinski definition) is 0. The van der Waals surface area contributed by atoms with Crippen molar-refractivity contribution in [3.63, 3.8) is 0 Å². The number of thioether (sulfide) groups is 1. The molecule has 1 saturated heterocycles. The smallest absolute Gasteiger partial charge is 0.284 e. The fraction of sp³-hybridized carbons (Fsp3) is 0.217. The first-order chi connectivity index (χ1) is 15.3. The minimum absolute atomic E-state index is 0.0751. The van der Waals surface area contributed by atoms with Gasteiger partial charge in [-0.2, -0.15) is 8.42 Å². The van der Waals surface area contributed by atoms with E-state index in [1.165, 1.54) is 30.2 Å². The molecule has 0 saturated carbocycles. The van der Waals surface area contributed by atoms with E-state index in [1.54, 1.807) is 43.5 Å². The third-order valence-corrected chi connectivity index (χ3v) is 7.14. The lowest BCUT2D eigenvalue weighted by molar-refractivity contribution is -0.121. The van der Waals surface area contributed by atoms with Crippen molar-refractivity contribution in [2.24, 2.45) is 4.40 Å². The molecule has 0 N–H and O–H groups in total. The Morgan fingerprint density at radius 1 is 1.09 bits per heavy atom. The van der Waals surface area contributed by atoms with Gasteiger partial charge in [-0.3, -0.25) is 9.69 Å². The van der Waals surface area contributed by atoms with Crippen LogP contribution in [0.2, 0.25) is 0 Å². The number of nitrogens with zero attached hydrogens (tertiary/aromatic N) is 2. The number of carbonyl (C=O) groups is 1. The molecule has 0 unspecified atom stereocenters. The highest BCUT2D eigenvalue weighted by atomic mass is 32.2. The number of ether oxygens (including phenoxy) is 2. The fourth-order valence-electron chi connectivity index (χ4n) is 3.01. The zero-order chi connectivity index (χ0) is 23.3. The summed E-state index contributed by atoms with van der Waals surface area (Å²) in [6.45, 7) is 5.79. The zero-order valence-electron chi connectivity index (χ0n) is 18.1. The molecule has 7 nitrogen and oxygen atoms in total. The summed E-state index contributed by atoms with van der Waals surface area (Å²) in [5.41, 5.74) is 1.73. The number of amides is 1. The molecule has 2 aromatic rings. The summed E-state index contributed by atoms with van der Waals surface area (Å²) >= 11 is 1.00. The van der Waals surface area contributed by atoms with E-state index in [2.05, 4.69) is 11.0 Å². The Morgan fingerprint density at radius 3 is 2.38 bits per heavy atom. The summed E-state index contributed by atoms with van der Waals surface area (Å²) in [7, 11) is -0.917. The molecular formula is C23H24N2O5S2. The van der Waals surface area contributed by atoms with Gasteiger partial charge in [-0.1, -0.05) is 31.2 Å². The predicted molar refractivity (Wildman–Crippen MR) is 127 cm³/mol. The van der Waals surface area contributed by atoms with Gasteiger partial charge in [0.05, 0.1) is 24.0 Å². The molecule has 168 valence electrons. The van der Waals surface area contributed by atoms with Crippen LogP contribution in [0.1, 0.15) is 18.1 Å². The minimum Gasteiger partial charge on any atom is -0.493 e. The van der Waals surface area contributed by atoms with Crippen LogP contribution in [0.15, 0.2) is 69.3 Å². The summed E-state index contributed by atoms with van der Waals surface area (Å²) in [5.74, 6) is 0.739. The van der Waals surface area contributed by atoms with E-state index in [-0.39, 0.29) is 22.5 Å². The van der Waals surface area contributed by atoms with Gasteiger partial charge in [-0.25, -0.2) is 0 Å². The number of benzene rings is 2. The van der Waals surface area contributed by atoms with Gasteiger partial charge in [0.1, 0.15) is 0 Å². The average molecular weight is 473 g/mol. The van der Waals surface area contributed by atoms with E-state index in [4.69, 9.17) is 9.47 Å². The highest BCUT2D eigenvalue weighted by Gasteiger charge is 2.34. The standard InChI is InChI=1S/C23H24N2O5S2/c1-5-13-25-22(26)21(15-17-9-12-19(29-3)20(14-17)30-4)31-23(25)24-32(27,28)18-10-7-16(6-2)8-11-18/h5,7-12,14-15H,1,6,13H2,2-4H3/b21-15-,24-23-. The third-order valence-electron chi connectivity index (χ3n) is 4.73. The van der Waals surface area contributed by atoms with Crippen LogP contribution in [0.5, 0.6) is 11.5 Å². The van der Waals surface area contributed by atoms with Crippen molar-refractivity contribution < 1.29 is 22.7 Å². The number of rotatable bonds is 8. The first-order valence-electron chi connectivity index (χ1n) is 9.81. The molecule has 1 heterocycles. The number of methoxy groups -OCH3 is 2. The van der Waals surface area contributed by atoms with Crippen LogP contribution in [0.3, 0.4) is 0 Å². The zero-order valence-corrected chi connectivity index (χ0v) is 19.7. The first-order valence-corrected chi connectivity index (χ1v) is 12.1. The van der Waals surface area contributed by atoms with Crippen LogP contribution in [0.25, 0.3) is 6.08 Å². The molecule has 0 atom stereocenters. The van der Waals surface area contributed by atoms with E-state index >= 15 is 0 Å². The van der Waals surface area contributed by atoms with Crippen molar-refractivity contribution in [3.05, 3.63) is 71.2 Å². The van der Waals surface area contributed by atoms with Crippen molar-refractivity contribution in [2.75, 3.05) is 20.8 Å². The molecule has 0 bridgehead atoms. The van der Waals surface area contributed by atoms with Gasteiger partial charge < -0.3 is 9.47 Å². The Bertz CT molecular complexity index is 1190. The lowest BCUT2D eigenvalue weighted by atomic mass is 10.2. The molecule has 9 heteroatoms. The maximum atomic E-state index is 13.0. The van der Waals surface area contributed by atoms with Gasteiger partial charge in [-0.05, 0) is 59.7 Å². The Morgan fingerprint density at radius 2 is 1.78 bits per heavy atom. The molecule has 2 aromatic carbocycles. The Balaban J connectivity index is 1.97. The van der Waals surface area contributed by atoms with Crippen LogP contribution in [0, 0.1) is 0 Å². The van der Waals surface area contributed by atoms with Crippen LogP contribution >= 0.6 is 11.8 Å². The second kappa shape index (κ2) is 10.1. The molecule has 1 fully saturated rings. The Hall–Kier alpha value is -3.04. The highest BCUT2D eigenvalue weighted by Crippen LogP contribution is 2.35. The number of hydrogen-bond acceptors (Lipinski definition) is 6. The molecule has 0 aliphatic carbocycles. The molecule has 0 aromatic heterocycles. The second-order valence-corrected chi connectivity index (χ2v) is 9.39. The van der Waals surface area contributed by atoms with Crippen LogP contribution in [-0.4, -0.2) is 45.2 Å².